The average Bonchev–Trinajstić information content (AvgIpc) is 2.57. The third-order valence-corrected chi connectivity index (χ3v) is 4.30. The van der Waals surface area contributed by atoms with E-state index in [2.05, 4.69) is 5.32 Å². The van der Waals surface area contributed by atoms with E-state index >= 15 is 0 Å². The SMILES string of the molecule is CCCN1C(=O)c2ccc(Cl)cc2NC1c1ccc(O)c(OC)c1. The van der Waals surface area contributed by atoms with E-state index in [1.807, 2.05) is 6.92 Å². The second kappa shape index (κ2) is 6.61. The lowest BCUT2D eigenvalue weighted by Crippen LogP contribution is -2.43. The van der Waals surface area contributed by atoms with Gasteiger partial charge in [0.05, 0.1) is 18.4 Å². The number of hydrogen-bond acceptors (Lipinski definition) is 4. The van der Waals surface area contributed by atoms with Gasteiger partial charge in [-0.3, -0.25) is 4.79 Å². The number of ether oxygens (including phenoxy) is 1. The summed E-state index contributed by atoms with van der Waals surface area (Å²) in [6, 6.07) is 10.3. The summed E-state index contributed by atoms with van der Waals surface area (Å²) in [5.74, 6) is 0.392. The van der Waals surface area contributed by atoms with Crippen molar-refractivity contribution >= 4 is 23.2 Å². The van der Waals surface area contributed by atoms with Crippen LogP contribution in [-0.4, -0.2) is 29.6 Å². The van der Waals surface area contributed by atoms with E-state index in [1.165, 1.54) is 7.11 Å². The maximum atomic E-state index is 12.9. The van der Waals surface area contributed by atoms with E-state index in [4.69, 9.17) is 16.3 Å². The molecule has 0 radical (unpaired) electrons. The molecule has 0 aliphatic carbocycles. The number of nitrogens with zero attached hydrogens (tertiary/aromatic N) is 1. The summed E-state index contributed by atoms with van der Waals surface area (Å²) in [4.78, 5) is 14.7. The molecule has 2 aromatic rings. The number of phenolic OH excluding ortho intramolecular Hbond substituents is 1. The average molecular weight is 347 g/mol. The van der Waals surface area contributed by atoms with Gasteiger partial charge in [0.15, 0.2) is 11.5 Å². The lowest BCUT2D eigenvalue weighted by molar-refractivity contribution is 0.0683. The number of benzene rings is 2. The minimum Gasteiger partial charge on any atom is -0.504 e. The highest BCUT2D eigenvalue weighted by molar-refractivity contribution is 6.31. The first-order chi connectivity index (χ1) is 11.5. The molecule has 126 valence electrons. The Labute approximate surface area is 145 Å². The molecule has 2 aromatic carbocycles. The zero-order valence-corrected chi connectivity index (χ0v) is 14.3. The first-order valence-electron chi connectivity index (χ1n) is 7.79. The Balaban J connectivity index is 2.06. The first-order valence-corrected chi connectivity index (χ1v) is 8.17. The van der Waals surface area contributed by atoms with Gasteiger partial charge in [0.2, 0.25) is 0 Å². The van der Waals surface area contributed by atoms with Crippen molar-refractivity contribution in [3.63, 3.8) is 0 Å². The fourth-order valence-corrected chi connectivity index (χ4v) is 3.09. The molecular formula is C18H19ClN2O3. The molecule has 0 bridgehead atoms. The Bertz CT molecular complexity index is 779. The number of fused-ring (bicyclic) bond motifs is 1. The van der Waals surface area contributed by atoms with Crippen LogP contribution in [0.4, 0.5) is 5.69 Å². The minimum atomic E-state index is -0.349. The summed E-state index contributed by atoms with van der Waals surface area (Å²) in [5, 5.41) is 13.7. The number of halogens is 1. The molecule has 1 aliphatic rings. The molecular weight excluding hydrogens is 328 g/mol. The normalized spacial score (nSPS) is 16.5. The van der Waals surface area contributed by atoms with Crippen molar-refractivity contribution in [2.75, 3.05) is 19.0 Å². The maximum absolute atomic E-state index is 12.9. The standard InChI is InChI=1S/C18H19ClN2O3/c1-3-8-21-17(11-4-7-15(22)16(9-11)24-2)20-14-10-12(19)5-6-13(14)18(21)23/h4-7,9-10,17,20,22H,3,8H2,1-2H3. The lowest BCUT2D eigenvalue weighted by Gasteiger charge is -2.38. The van der Waals surface area contributed by atoms with Gasteiger partial charge < -0.3 is 20.1 Å². The molecule has 3 rings (SSSR count). The number of amides is 1. The summed E-state index contributed by atoms with van der Waals surface area (Å²) >= 11 is 6.07. The summed E-state index contributed by atoms with van der Waals surface area (Å²) < 4.78 is 5.18. The van der Waals surface area contributed by atoms with Crippen LogP contribution in [0, 0.1) is 0 Å². The van der Waals surface area contributed by atoms with Gasteiger partial charge in [-0.15, -0.1) is 0 Å². The van der Waals surface area contributed by atoms with Gasteiger partial charge in [0.1, 0.15) is 6.17 Å². The summed E-state index contributed by atoms with van der Waals surface area (Å²) in [6.45, 7) is 2.64. The Morgan fingerprint density at radius 2 is 2.08 bits per heavy atom. The van der Waals surface area contributed by atoms with E-state index in [-0.39, 0.29) is 17.8 Å². The van der Waals surface area contributed by atoms with E-state index in [9.17, 15) is 9.90 Å². The Hall–Kier alpha value is -2.40. The molecule has 1 unspecified atom stereocenters. The molecule has 0 saturated carbocycles. The number of methoxy groups -OCH3 is 1. The Kier molecular flexibility index (Phi) is 4.53. The number of hydrogen-bond donors (Lipinski definition) is 2. The fourth-order valence-electron chi connectivity index (χ4n) is 2.92. The van der Waals surface area contributed by atoms with Crippen molar-refractivity contribution in [3.05, 3.63) is 52.5 Å². The van der Waals surface area contributed by atoms with Crippen LogP contribution in [0.15, 0.2) is 36.4 Å². The van der Waals surface area contributed by atoms with E-state index in [0.717, 1.165) is 12.0 Å². The van der Waals surface area contributed by atoms with Crippen LogP contribution in [0.2, 0.25) is 5.02 Å². The second-order valence-electron chi connectivity index (χ2n) is 5.67. The molecule has 1 aliphatic heterocycles. The van der Waals surface area contributed by atoms with Crippen molar-refractivity contribution in [2.45, 2.75) is 19.5 Å². The number of nitrogens with one attached hydrogen (secondary N) is 1. The largest absolute Gasteiger partial charge is 0.504 e. The van der Waals surface area contributed by atoms with Crippen LogP contribution in [0.3, 0.4) is 0 Å². The van der Waals surface area contributed by atoms with Gasteiger partial charge in [0, 0.05) is 11.6 Å². The van der Waals surface area contributed by atoms with E-state index in [1.54, 1.807) is 41.3 Å². The van der Waals surface area contributed by atoms with Crippen molar-refractivity contribution in [3.8, 4) is 11.5 Å². The number of aromatic hydroxyl groups is 1. The summed E-state index contributed by atoms with van der Waals surface area (Å²) in [7, 11) is 1.50. The third kappa shape index (κ3) is 2.87. The maximum Gasteiger partial charge on any atom is 0.257 e. The number of rotatable bonds is 4. The van der Waals surface area contributed by atoms with Crippen LogP contribution in [0.1, 0.15) is 35.4 Å². The molecule has 0 spiro atoms. The zero-order valence-electron chi connectivity index (χ0n) is 13.5. The molecule has 0 fully saturated rings. The summed E-state index contributed by atoms with van der Waals surface area (Å²) in [6.07, 6.45) is 0.486. The number of carbonyl (C=O) groups is 1. The summed E-state index contributed by atoms with van der Waals surface area (Å²) in [5.41, 5.74) is 2.14. The minimum absolute atomic E-state index is 0.0423. The molecule has 24 heavy (non-hydrogen) atoms. The van der Waals surface area contributed by atoms with Gasteiger partial charge in [-0.2, -0.15) is 0 Å². The highest BCUT2D eigenvalue weighted by Crippen LogP contribution is 2.37. The molecule has 1 atom stereocenters. The number of phenols is 1. The van der Waals surface area contributed by atoms with Gasteiger partial charge in [-0.25, -0.2) is 0 Å². The lowest BCUT2D eigenvalue weighted by atomic mass is 10.0. The van der Waals surface area contributed by atoms with Gasteiger partial charge in [-0.05, 0) is 42.3 Å². The van der Waals surface area contributed by atoms with Crippen LogP contribution in [0.5, 0.6) is 11.5 Å². The van der Waals surface area contributed by atoms with Crippen molar-refractivity contribution < 1.29 is 14.6 Å². The Morgan fingerprint density at radius 1 is 1.29 bits per heavy atom. The topological polar surface area (TPSA) is 61.8 Å². The molecule has 2 N–H and O–H groups in total. The van der Waals surface area contributed by atoms with Gasteiger partial charge in [0.25, 0.3) is 5.91 Å². The first kappa shape index (κ1) is 16.5. The molecule has 1 amide bonds. The van der Waals surface area contributed by atoms with Gasteiger partial charge in [-0.1, -0.05) is 24.6 Å². The smallest absolute Gasteiger partial charge is 0.257 e. The molecule has 1 heterocycles. The zero-order chi connectivity index (χ0) is 17.3. The molecule has 0 saturated heterocycles. The number of anilines is 1. The molecule has 0 aromatic heterocycles. The molecule has 5 nitrogen and oxygen atoms in total. The molecule has 6 heteroatoms. The second-order valence-corrected chi connectivity index (χ2v) is 6.10. The van der Waals surface area contributed by atoms with Crippen LogP contribution in [-0.2, 0) is 0 Å². The third-order valence-electron chi connectivity index (χ3n) is 4.06. The van der Waals surface area contributed by atoms with Crippen LogP contribution >= 0.6 is 11.6 Å². The van der Waals surface area contributed by atoms with E-state index in [0.29, 0.717) is 28.6 Å². The predicted octanol–water partition coefficient (Wildman–Crippen LogP) is 4.03. The predicted molar refractivity (Wildman–Crippen MR) is 93.8 cm³/mol. The fraction of sp³-hybridized carbons (Fsp3) is 0.278. The van der Waals surface area contributed by atoms with Crippen LogP contribution in [0.25, 0.3) is 0 Å². The monoisotopic (exact) mass is 346 g/mol. The highest BCUT2D eigenvalue weighted by Gasteiger charge is 2.32. The highest BCUT2D eigenvalue weighted by atomic mass is 35.5. The van der Waals surface area contributed by atoms with Crippen molar-refractivity contribution in [1.82, 2.24) is 4.90 Å². The quantitative estimate of drug-likeness (QED) is 0.877. The van der Waals surface area contributed by atoms with Crippen molar-refractivity contribution in [1.29, 1.82) is 0 Å². The van der Waals surface area contributed by atoms with Crippen LogP contribution < -0.4 is 10.1 Å². The van der Waals surface area contributed by atoms with Gasteiger partial charge >= 0.3 is 0 Å². The number of carbonyl (C=O) groups excluding carboxylic acids is 1. The van der Waals surface area contributed by atoms with E-state index < -0.39 is 0 Å². The van der Waals surface area contributed by atoms with Crippen molar-refractivity contribution in [2.24, 2.45) is 0 Å². The Morgan fingerprint density at radius 3 is 2.79 bits per heavy atom.